The Kier molecular flexibility index (Phi) is 5.70. The fourth-order valence-corrected chi connectivity index (χ4v) is 4.50. The molecule has 0 amide bonds. The number of hydrogen-bond donors (Lipinski definition) is 1. The molecule has 1 N–H and O–H groups in total. The van der Waals surface area contributed by atoms with Crippen molar-refractivity contribution >= 4 is 34.0 Å². The monoisotopic (exact) mass is 319 g/mol. The molecule has 0 aliphatic heterocycles. The maximum atomic E-state index is 12.5. The van der Waals surface area contributed by atoms with Gasteiger partial charge in [-0.2, -0.15) is 0 Å². The molecule has 1 aliphatic carbocycles. The topological polar surface area (TPSA) is 29.1 Å². The van der Waals surface area contributed by atoms with E-state index in [0.29, 0.717) is 32.7 Å². The van der Waals surface area contributed by atoms with Gasteiger partial charge in [0, 0.05) is 11.8 Å². The summed E-state index contributed by atoms with van der Waals surface area (Å²) in [6, 6.07) is 5.57. The van der Waals surface area contributed by atoms with E-state index in [1.54, 1.807) is 18.2 Å². The van der Waals surface area contributed by atoms with E-state index in [0.717, 1.165) is 13.0 Å². The van der Waals surface area contributed by atoms with E-state index in [-0.39, 0.29) is 0 Å². The van der Waals surface area contributed by atoms with E-state index in [9.17, 15) is 4.21 Å². The summed E-state index contributed by atoms with van der Waals surface area (Å²) in [5.41, 5.74) is 0. The van der Waals surface area contributed by atoms with Crippen LogP contribution in [0.3, 0.4) is 0 Å². The molecule has 2 rings (SSSR count). The number of nitrogens with one attached hydrogen (secondary N) is 1. The van der Waals surface area contributed by atoms with E-state index in [4.69, 9.17) is 23.2 Å². The van der Waals surface area contributed by atoms with Crippen LogP contribution in [0.4, 0.5) is 0 Å². The van der Waals surface area contributed by atoms with Gasteiger partial charge in [0.25, 0.3) is 0 Å². The highest BCUT2D eigenvalue weighted by Gasteiger charge is 2.32. The summed E-state index contributed by atoms with van der Waals surface area (Å²) in [4.78, 5) is 0.579. The highest BCUT2D eigenvalue weighted by molar-refractivity contribution is 7.85. The van der Waals surface area contributed by atoms with Crippen LogP contribution in [0.1, 0.15) is 26.2 Å². The maximum absolute atomic E-state index is 12.5. The zero-order valence-corrected chi connectivity index (χ0v) is 13.3. The molecule has 2 unspecified atom stereocenters. The molecule has 0 spiro atoms. The molecule has 0 saturated heterocycles. The quantitative estimate of drug-likeness (QED) is 0.826. The third-order valence-corrected chi connectivity index (χ3v) is 5.74. The minimum Gasteiger partial charge on any atom is -0.313 e. The van der Waals surface area contributed by atoms with Crippen molar-refractivity contribution in [3.8, 4) is 0 Å². The highest BCUT2D eigenvalue weighted by Crippen LogP contribution is 2.35. The second-order valence-corrected chi connectivity index (χ2v) is 7.21. The van der Waals surface area contributed by atoms with Gasteiger partial charge >= 0.3 is 0 Å². The van der Waals surface area contributed by atoms with Crippen molar-refractivity contribution in [1.82, 2.24) is 5.32 Å². The van der Waals surface area contributed by atoms with E-state index in [2.05, 4.69) is 12.2 Å². The van der Waals surface area contributed by atoms with Gasteiger partial charge in [-0.05, 0) is 43.9 Å². The molecule has 0 bridgehead atoms. The lowest BCUT2D eigenvalue weighted by molar-refractivity contribution is 0.498. The molecule has 0 aromatic heterocycles. The third kappa shape index (κ3) is 4.19. The lowest BCUT2D eigenvalue weighted by Gasteiger charge is -2.18. The lowest BCUT2D eigenvalue weighted by atomic mass is 10.2. The van der Waals surface area contributed by atoms with Crippen molar-refractivity contribution in [2.45, 2.75) is 37.1 Å². The molecule has 1 saturated carbocycles. The van der Waals surface area contributed by atoms with Crippen LogP contribution in [-0.4, -0.2) is 22.5 Å². The standard InChI is InChI=1S/C14H19Cl2NOS/c1-2-8-17-13(10-6-7-10)9-19(18)14-11(15)4-3-5-12(14)16/h3-5,10,13,17H,2,6-9H2,1H3. The minimum absolute atomic E-state index is 0.313. The van der Waals surface area contributed by atoms with Crippen LogP contribution in [0.15, 0.2) is 23.1 Å². The maximum Gasteiger partial charge on any atom is 0.0760 e. The van der Waals surface area contributed by atoms with Crippen LogP contribution in [-0.2, 0) is 10.8 Å². The summed E-state index contributed by atoms with van der Waals surface area (Å²) in [6.07, 6.45) is 3.55. The van der Waals surface area contributed by atoms with Crippen LogP contribution in [0.25, 0.3) is 0 Å². The molecule has 5 heteroatoms. The van der Waals surface area contributed by atoms with Gasteiger partial charge in [0.15, 0.2) is 0 Å². The number of halogens is 2. The molecule has 1 fully saturated rings. The molecule has 19 heavy (non-hydrogen) atoms. The smallest absolute Gasteiger partial charge is 0.0760 e. The Hall–Kier alpha value is -0.0900. The van der Waals surface area contributed by atoms with Crippen molar-refractivity contribution in [3.05, 3.63) is 28.2 Å². The summed E-state index contributed by atoms with van der Waals surface area (Å²) in [7, 11) is -1.15. The largest absolute Gasteiger partial charge is 0.313 e. The zero-order valence-electron chi connectivity index (χ0n) is 11.0. The minimum atomic E-state index is -1.15. The molecule has 2 atom stereocenters. The molecule has 0 heterocycles. The van der Waals surface area contributed by atoms with Gasteiger partial charge in [0.2, 0.25) is 0 Å². The summed E-state index contributed by atoms with van der Waals surface area (Å²) in [6.45, 7) is 3.10. The van der Waals surface area contributed by atoms with Gasteiger partial charge in [-0.15, -0.1) is 0 Å². The average molecular weight is 320 g/mol. The Balaban J connectivity index is 2.06. The van der Waals surface area contributed by atoms with Gasteiger partial charge in [-0.25, -0.2) is 0 Å². The molecule has 2 nitrogen and oxygen atoms in total. The molecule has 0 radical (unpaired) electrons. The van der Waals surface area contributed by atoms with Crippen molar-refractivity contribution < 1.29 is 4.21 Å². The van der Waals surface area contributed by atoms with Crippen LogP contribution < -0.4 is 5.32 Å². The van der Waals surface area contributed by atoms with Crippen LogP contribution in [0.2, 0.25) is 10.0 Å². The Morgan fingerprint density at radius 3 is 2.53 bits per heavy atom. The van der Waals surface area contributed by atoms with E-state index in [1.807, 2.05) is 0 Å². The van der Waals surface area contributed by atoms with Crippen molar-refractivity contribution in [1.29, 1.82) is 0 Å². The first kappa shape index (κ1) is 15.3. The number of benzene rings is 1. The summed E-state index contributed by atoms with van der Waals surface area (Å²) in [5, 5.41) is 4.48. The molecule has 1 aromatic carbocycles. The Morgan fingerprint density at radius 1 is 1.37 bits per heavy atom. The predicted molar refractivity (Wildman–Crippen MR) is 82.5 cm³/mol. The summed E-state index contributed by atoms with van der Waals surface area (Å²) in [5.74, 6) is 1.26. The van der Waals surface area contributed by atoms with E-state index >= 15 is 0 Å². The molecule has 1 aliphatic rings. The predicted octanol–water partition coefficient (Wildman–Crippen LogP) is 3.88. The van der Waals surface area contributed by atoms with E-state index in [1.165, 1.54) is 12.8 Å². The highest BCUT2D eigenvalue weighted by atomic mass is 35.5. The number of rotatable bonds is 7. The first-order valence-corrected chi connectivity index (χ1v) is 8.76. The lowest BCUT2D eigenvalue weighted by Crippen LogP contribution is -2.36. The summed E-state index contributed by atoms with van der Waals surface area (Å²) < 4.78 is 12.5. The first-order chi connectivity index (χ1) is 9.13. The van der Waals surface area contributed by atoms with Gasteiger partial charge in [-0.3, -0.25) is 4.21 Å². The van der Waals surface area contributed by atoms with Gasteiger partial charge < -0.3 is 5.32 Å². The first-order valence-electron chi connectivity index (χ1n) is 6.69. The summed E-state index contributed by atoms with van der Waals surface area (Å²) >= 11 is 12.2. The Bertz CT molecular complexity index is 443. The molecular formula is C14H19Cl2NOS. The Morgan fingerprint density at radius 2 is 2.00 bits per heavy atom. The number of hydrogen-bond acceptors (Lipinski definition) is 2. The average Bonchev–Trinajstić information content (AvgIpc) is 3.18. The zero-order chi connectivity index (χ0) is 13.8. The van der Waals surface area contributed by atoms with Crippen molar-refractivity contribution in [3.63, 3.8) is 0 Å². The molecule has 106 valence electrons. The Labute approximate surface area is 127 Å². The SMILES string of the molecule is CCCNC(CS(=O)c1c(Cl)cccc1Cl)C1CC1. The molecular weight excluding hydrogens is 301 g/mol. The second-order valence-electron chi connectivity index (χ2n) is 4.96. The van der Waals surface area contributed by atoms with E-state index < -0.39 is 10.8 Å². The van der Waals surface area contributed by atoms with Gasteiger partial charge in [0.1, 0.15) is 0 Å². The van der Waals surface area contributed by atoms with Crippen molar-refractivity contribution in [2.24, 2.45) is 5.92 Å². The van der Waals surface area contributed by atoms with Crippen molar-refractivity contribution in [2.75, 3.05) is 12.3 Å². The van der Waals surface area contributed by atoms with Gasteiger partial charge in [0.05, 0.1) is 25.7 Å². The van der Waals surface area contributed by atoms with Gasteiger partial charge in [-0.1, -0.05) is 36.2 Å². The molecule has 1 aromatic rings. The fourth-order valence-electron chi connectivity index (χ4n) is 2.14. The van der Waals surface area contributed by atoms with Crippen LogP contribution in [0.5, 0.6) is 0 Å². The van der Waals surface area contributed by atoms with Crippen LogP contribution >= 0.6 is 23.2 Å². The normalized spacial score (nSPS) is 18.3. The third-order valence-electron chi connectivity index (χ3n) is 3.33. The fraction of sp³-hybridized carbons (Fsp3) is 0.571. The second kappa shape index (κ2) is 7.07. The van der Waals surface area contributed by atoms with Crippen LogP contribution in [0, 0.1) is 5.92 Å².